The first-order valence-electron chi connectivity index (χ1n) is 6.71. The Labute approximate surface area is 133 Å². The van der Waals surface area contributed by atoms with Crippen LogP contribution in [0.25, 0.3) is 0 Å². The molecule has 0 atom stereocenters. The molecule has 1 heterocycles. The predicted octanol–water partition coefficient (Wildman–Crippen LogP) is 3.76. The van der Waals surface area contributed by atoms with Gasteiger partial charge in [-0.1, -0.05) is 18.2 Å². The van der Waals surface area contributed by atoms with Crippen molar-refractivity contribution in [2.45, 2.75) is 33.0 Å². The molecule has 0 fully saturated rings. The zero-order valence-corrected chi connectivity index (χ0v) is 13.9. The van der Waals surface area contributed by atoms with E-state index in [1.807, 2.05) is 26.0 Å². The Kier molecular flexibility index (Phi) is 5.79. The quantitative estimate of drug-likeness (QED) is 0.773. The molecule has 106 valence electrons. The largest absolute Gasteiger partial charge is 0.475 e. The zero-order valence-electron chi connectivity index (χ0n) is 11.8. The van der Waals surface area contributed by atoms with Gasteiger partial charge in [-0.25, -0.2) is 4.98 Å². The van der Waals surface area contributed by atoms with E-state index in [-0.39, 0.29) is 6.10 Å². The molecule has 0 saturated heterocycles. The van der Waals surface area contributed by atoms with Crippen LogP contribution in [-0.2, 0) is 13.1 Å². The molecule has 0 amide bonds. The SMILES string of the molecule is CC(C)Oc1ncccc1CNCc1ccc(I)cc1. The summed E-state index contributed by atoms with van der Waals surface area (Å²) in [6.45, 7) is 5.61. The van der Waals surface area contributed by atoms with Gasteiger partial charge in [-0.2, -0.15) is 0 Å². The Balaban J connectivity index is 1.92. The Bertz CT molecular complexity index is 540. The van der Waals surface area contributed by atoms with Crippen molar-refractivity contribution in [1.29, 1.82) is 0 Å². The summed E-state index contributed by atoms with van der Waals surface area (Å²) in [4.78, 5) is 4.29. The van der Waals surface area contributed by atoms with Crippen LogP contribution in [0, 0.1) is 3.57 Å². The first kappa shape index (κ1) is 15.3. The fraction of sp³-hybridized carbons (Fsp3) is 0.312. The van der Waals surface area contributed by atoms with Gasteiger partial charge >= 0.3 is 0 Å². The minimum absolute atomic E-state index is 0.139. The number of ether oxygens (including phenoxy) is 1. The molecular formula is C16H19IN2O. The van der Waals surface area contributed by atoms with E-state index in [2.05, 4.69) is 57.2 Å². The van der Waals surface area contributed by atoms with Crippen LogP contribution in [-0.4, -0.2) is 11.1 Å². The second-order valence-corrected chi connectivity index (χ2v) is 6.11. The van der Waals surface area contributed by atoms with Gasteiger partial charge in [0.05, 0.1) is 6.10 Å². The Morgan fingerprint density at radius 2 is 1.90 bits per heavy atom. The Morgan fingerprint density at radius 1 is 1.15 bits per heavy atom. The minimum atomic E-state index is 0.139. The molecule has 0 bridgehead atoms. The lowest BCUT2D eigenvalue weighted by atomic mass is 10.2. The van der Waals surface area contributed by atoms with Crippen molar-refractivity contribution < 1.29 is 4.74 Å². The molecule has 0 unspecified atom stereocenters. The van der Waals surface area contributed by atoms with Gasteiger partial charge in [-0.15, -0.1) is 0 Å². The summed E-state index contributed by atoms with van der Waals surface area (Å²) < 4.78 is 6.97. The van der Waals surface area contributed by atoms with Crippen molar-refractivity contribution in [3.05, 3.63) is 57.3 Å². The first-order valence-corrected chi connectivity index (χ1v) is 7.78. The van der Waals surface area contributed by atoms with Gasteiger partial charge in [-0.3, -0.25) is 0 Å². The third-order valence-electron chi connectivity index (χ3n) is 2.76. The van der Waals surface area contributed by atoms with E-state index in [1.54, 1.807) is 6.20 Å². The third kappa shape index (κ3) is 4.76. The number of hydrogen-bond acceptors (Lipinski definition) is 3. The van der Waals surface area contributed by atoms with Gasteiger partial charge in [0.25, 0.3) is 0 Å². The van der Waals surface area contributed by atoms with Crippen molar-refractivity contribution in [3.8, 4) is 5.88 Å². The topological polar surface area (TPSA) is 34.1 Å². The Hall–Kier alpha value is -1.14. The average Bonchev–Trinajstić information content (AvgIpc) is 2.42. The van der Waals surface area contributed by atoms with Crippen LogP contribution in [0.5, 0.6) is 5.88 Å². The standard InChI is InChI=1S/C16H19IN2O/c1-12(2)20-16-14(4-3-9-19-16)11-18-10-13-5-7-15(17)8-6-13/h3-9,12,18H,10-11H2,1-2H3. The molecule has 1 aromatic heterocycles. The number of nitrogens with zero attached hydrogens (tertiary/aromatic N) is 1. The molecule has 0 radical (unpaired) electrons. The van der Waals surface area contributed by atoms with Crippen molar-refractivity contribution in [3.63, 3.8) is 0 Å². The highest BCUT2D eigenvalue weighted by Crippen LogP contribution is 2.15. The molecule has 0 aliphatic rings. The number of nitrogens with one attached hydrogen (secondary N) is 1. The minimum Gasteiger partial charge on any atom is -0.475 e. The summed E-state index contributed by atoms with van der Waals surface area (Å²) in [5.74, 6) is 0.720. The maximum atomic E-state index is 5.71. The fourth-order valence-corrected chi connectivity index (χ4v) is 2.19. The molecule has 0 aliphatic heterocycles. The number of aromatic nitrogens is 1. The van der Waals surface area contributed by atoms with Crippen LogP contribution in [0.1, 0.15) is 25.0 Å². The molecule has 2 rings (SSSR count). The van der Waals surface area contributed by atoms with Gasteiger partial charge in [0.1, 0.15) is 0 Å². The lowest BCUT2D eigenvalue weighted by Crippen LogP contribution is -2.15. The summed E-state index contributed by atoms with van der Waals surface area (Å²) in [7, 11) is 0. The van der Waals surface area contributed by atoms with E-state index in [9.17, 15) is 0 Å². The van der Waals surface area contributed by atoms with Crippen LogP contribution in [0.15, 0.2) is 42.6 Å². The average molecular weight is 382 g/mol. The molecule has 4 heteroatoms. The summed E-state index contributed by atoms with van der Waals surface area (Å²) in [5.41, 5.74) is 2.37. The highest BCUT2D eigenvalue weighted by atomic mass is 127. The summed E-state index contributed by atoms with van der Waals surface area (Å²) in [6.07, 6.45) is 1.90. The summed E-state index contributed by atoms with van der Waals surface area (Å²) >= 11 is 2.31. The molecule has 2 aromatic rings. The van der Waals surface area contributed by atoms with E-state index in [0.717, 1.165) is 24.5 Å². The van der Waals surface area contributed by atoms with E-state index < -0.39 is 0 Å². The maximum absolute atomic E-state index is 5.71. The van der Waals surface area contributed by atoms with Gasteiger partial charge in [-0.05, 0) is 60.2 Å². The zero-order chi connectivity index (χ0) is 14.4. The van der Waals surface area contributed by atoms with Crippen LogP contribution >= 0.6 is 22.6 Å². The lowest BCUT2D eigenvalue weighted by molar-refractivity contribution is 0.229. The van der Waals surface area contributed by atoms with Crippen molar-refractivity contribution in [1.82, 2.24) is 10.3 Å². The van der Waals surface area contributed by atoms with Crippen LogP contribution in [0.3, 0.4) is 0 Å². The highest BCUT2D eigenvalue weighted by molar-refractivity contribution is 14.1. The Morgan fingerprint density at radius 3 is 2.60 bits per heavy atom. The number of pyridine rings is 1. The molecular weight excluding hydrogens is 363 g/mol. The fourth-order valence-electron chi connectivity index (χ4n) is 1.83. The third-order valence-corrected chi connectivity index (χ3v) is 3.47. The molecule has 0 spiro atoms. The maximum Gasteiger partial charge on any atom is 0.218 e. The van der Waals surface area contributed by atoms with Gasteiger partial charge < -0.3 is 10.1 Å². The van der Waals surface area contributed by atoms with E-state index in [1.165, 1.54) is 9.13 Å². The van der Waals surface area contributed by atoms with Gasteiger partial charge in [0.2, 0.25) is 5.88 Å². The number of hydrogen-bond donors (Lipinski definition) is 1. The van der Waals surface area contributed by atoms with Crippen LogP contribution in [0.2, 0.25) is 0 Å². The van der Waals surface area contributed by atoms with Crippen molar-refractivity contribution in [2.75, 3.05) is 0 Å². The van der Waals surface area contributed by atoms with Crippen LogP contribution < -0.4 is 10.1 Å². The normalized spacial score (nSPS) is 10.8. The highest BCUT2D eigenvalue weighted by Gasteiger charge is 2.06. The van der Waals surface area contributed by atoms with Crippen LogP contribution in [0.4, 0.5) is 0 Å². The second-order valence-electron chi connectivity index (χ2n) is 4.86. The first-order chi connectivity index (χ1) is 9.65. The molecule has 0 saturated carbocycles. The smallest absolute Gasteiger partial charge is 0.218 e. The summed E-state index contributed by atoms with van der Waals surface area (Å²) in [5, 5.41) is 3.43. The molecule has 20 heavy (non-hydrogen) atoms. The molecule has 3 nitrogen and oxygen atoms in total. The molecule has 1 aromatic carbocycles. The van der Waals surface area contributed by atoms with E-state index in [4.69, 9.17) is 4.74 Å². The number of rotatable bonds is 6. The number of benzene rings is 1. The predicted molar refractivity (Wildman–Crippen MR) is 89.7 cm³/mol. The van der Waals surface area contributed by atoms with Crippen molar-refractivity contribution >= 4 is 22.6 Å². The lowest BCUT2D eigenvalue weighted by Gasteiger charge is -2.13. The van der Waals surface area contributed by atoms with Crippen molar-refractivity contribution in [2.24, 2.45) is 0 Å². The summed E-state index contributed by atoms with van der Waals surface area (Å²) in [6, 6.07) is 12.5. The van der Waals surface area contributed by atoms with Gasteiger partial charge in [0, 0.05) is 28.4 Å². The van der Waals surface area contributed by atoms with E-state index >= 15 is 0 Å². The molecule has 1 N–H and O–H groups in total. The monoisotopic (exact) mass is 382 g/mol. The number of halogens is 1. The second kappa shape index (κ2) is 7.59. The van der Waals surface area contributed by atoms with E-state index in [0.29, 0.717) is 0 Å². The van der Waals surface area contributed by atoms with Gasteiger partial charge in [0.15, 0.2) is 0 Å². The molecule has 0 aliphatic carbocycles.